The van der Waals surface area contributed by atoms with E-state index in [1.807, 2.05) is 33.0 Å². The molecule has 0 aliphatic heterocycles. The molecule has 0 aliphatic rings. The third-order valence-electron chi connectivity index (χ3n) is 2.31. The third kappa shape index (κ3) is 1.75. The summed E-state index contributed by atoms with van der Waals surface area (Å²) in [5, 5.41) is 4.94. The van der Waals surface area contributed by atoms with Gasteiger partial charge in [0.1, 0.15) is 5.69 Å². The Morgan fingerprint density at radius 3 is 2.60 bits per heavy atom. The molecule has 0 saturated carbocycles. The van der Waals surface area contributed by atoms with Crippen molar-refractivity contribution < 1.29 is 0 Å². The molecule has 0 saturated heterocycles. The molecule has 0 unspecified atom stereocenters. The van der Waals surface area contributed by atoms with E-state index in [4.69, 9.17) is 11.6 Å². The van der Waals surface area contributed by atoms with Gasteiger partial charge in [0.25, 0.3) is 0 Å². The summed E-state index contributed by atoms with van der Waals surface area (Å²) in [5.74, 6) is 0. The molecule has 15 heavy (non-hydrogen) atoms. The van der Waals surface area contributed by atoms with Gasteiger partial charge in [0.05, 0.1) is 16.4 Å². The van der Waals surface area contributed by atoms with Gasteiger partial charge in [-0.1, -0.05) is 11.6 Å². The zero-order chi connectivity index (χ0) is 11.0. The third-order valence-corrected chi connectivity index (χ3v) is 2.76. The molecule has 2 aromatic heterocycles. The summed E-state index contributed by atoms with van der Waals surface area (Å²) < 4.78 is 1.76. The molecule has 0 aliphatic carbocycles. The number of rotatable bonds is 1. The van der Waals surface area contributed by atoms with Crippen molar-refractivity contribution in [2.24, 2.45) is 7.05 Å². The van der Waals surface area contributed by atoms with Crippen molar-refractivity contribution in [3.8, 4) is 11.4 Å². The van der Waals surface area contributed by atoms with Crippen LogP contribution in [-0.2, 0) is 7.05 Å². The van der Waals surface area contributed by atoms with Crippen LogP contribution in [-0.4, -0.2) is 14.8 Å². The minimum Gasteiger partial charge on any atom is -0.265 e. The molecule has 0 amide bonds. The van der Waals surface area contributed by atoms with Crippen molar-refractivity contribution in [2.45, 2.75) is 13.8 Å². The van der Waals surface area contributed by atoms with Gasteiger partial charge in [-0.25, -0.2) is 0 Å². The maximum Gasteiger partial charge on any atom is 0.105 e. The Morgan fingerprint density at radius 2 is 2.07 bits per heavy atom. The topological polar surface area (TPSA) is 30.7 Å². The van der Waals surface area contributed by atoms with E-state index in [9.17, 15) is 0 Å². The number of hydrogen-bond donors (Lipinski definition) is 0. The number of nitrogens with zero attached hydrogens (tertiary/aromatic N) is 3. The monoisotopic (exact) mass is 221 g/mol. The van der Waals surface area contributed by atoms with Gasteiger partial charge >= 0.3 is 0 Å². The SMILES string of the molecule is Cc1ccnc(-c2c(Cl)c(C)nn2C)c1. The Morgan fingerprint density at radius 1 is 1.33 bits per heavy atom. The van der Waals surface area contributed by atoms with Gasteiger partial charge in [-0.2, -0.15) is 5.10 Å². The first-order valence-electron chi connectivity index (χ1n) is 4.71. The first-order chi connectivity index (χ1) is 7.09. The molecular weight excluding hydrogens is 210 g/mol. The molecule has 0 radical (unpaired) electrons. The minimum absolute atomic E-state index is 0.676. The lowest BCUT2D eigenvalue weighted by Gasteiger charge is -2.02. The fourth-order valence-corrected chi connectivity index (χ4v) is 1.83. The van der Waals surface area contributed by atoms with Crippen LogP contribution in [0.4, 0.5) is 0 Å². The van der Waals surface area contributed by atoms with E-state index in [1.165, 1.54) is 0 Å². The van der Waals surface area contributed by atoms with Gasteiger partial charge in [0.15, 0.2) is 0 Å². The average Bonchev–Trinajstić information content (AvgIpc) is 2.41. The van der Waals surface area contributed by atoms with Crippen molar-refractivity contribution in [2.75, 3.05) is 0 Å². The van der Waals surface area contributed by atoms with Crippen LogP contribution in [0, 0.1) is 13.8 Å². The Kier molecular flexibility index (Phi) is 2.49. The van der Waals surface area contributed by atoms with Crippen LogP contribution in [0.3, 0.4) is 0 Å². The second-order valence-electron chi connectivity index (χ2n) is 3.59. The molecule has 0 spiro atoms. The van der Waals surface area contributed by atoms with Crippen LogP contribution in [0.15, 0.2) is 18.3 Å². The van der Waals surface area contributed by atoms with Crippen molar-refractivity contribution >= 4 is 11.6 Å². The fraction of sp³-hybridized carbons (Fsp3) is 0.273. The van der Waals surface area contributed by atoms with Crippen LogP contribution in [0.2, 0.25) is 5.02 Å². The predicted octanol–water partition coefficient (Wildman–Crippen LogP) is 2.75. The minimum atomic E-state index is 0.676. The number of halogens is 1. The molecule has 3 nitrogen and oxygen atoms in total. The van der Waals surface area contributed by atoms with Crippen LogP contribution in [0.5, 0.6) is 0 Å². The van der Waals surface area contributed by atoms with Crippen LogP contribution in [0.25, 0.3) is 11.4 Å². The Labute approximate surface area is 93.7 Å². The van der Waals surface area contributed by atoms with E-state index in [0.29, 0.717) is 5.02 Å². The smallest absolute Gasteiger partial charge is 0.105 e. The molecule has 0 N–H and O–H groups in total. The second kappa shape index (κ2) is 3.66. The highest BCUT2D eigenvalue weighted by molar-refractivity contribution is 6.33. The highest BCUT2D eigenvalue weighted by Gasteiger charge is 2.13. The molecule has 2 rings (SSSR count). The van der Waals surface area contributed by atoms with Gasteiger partial charge in [0, 0.05) is 13.2 Å². The molecule has 0 fully saturated rings. The summed E-state index contributed by atoms with van der Waals surface area (Å²) in [6, 6.07) is 3.96. The first kappa shape index (κ1) is 10.2. The van der Waals surface area contributed by atoms with Crippen molar-refractivity contribution in [3.05, 3.63) is 34.6 Å². The normalized spacial score (nSPS) is 10.7. The van der Waals surface area contributed by atoms with Crippen molar-refractivity contribution in [1.82, 2.24) is 14.8 Å². The molecule has 2 aromatic rings. The standard InChI is InChI=1S/C11H12ClN3/c1-7-4-5-13-9(6-7)11-10(12)8(2)14-15(11)3/h4-6H,1-3H3. The molecule has 0 bridgehead atoms. The summed E-state index contributed by atoms with van der Waals surface area (Å²) in [5.41, 5.74) is 3.73. The molecule has 4 heteroatoms. The number of hydrogen-bond acceptors (Lipinski definition) is 2. The van der Waals surface area contributed by atoms with Gasteiger partial charge in [-0.05, 0) is 31.5 Å². The summed E-state index contributed by atoms with van der Waals surface area (Å²) in [4.78, 5) is 4.30. The number of aromatic nitrogens is 3. The van der Waals surface area contributed by atoms with E-state index < -0.39 is 0 Å². The number of pyridine rings is 1. The quantitative estimate of drug-likeness (QED) is 0.742. The second-order valence-corrected chi connectivity index (χ2v) is 3.97. The molecule has 0 aromatic carbocycles. The average molecular weight is 222 g/mol. The van der Waals surface area contributed by atoms with E-state index in [-0.39, 0.29) is 0 Å². The van der Waals surface area contributed by atoms with E-state index in [0.717, 1.165) is 22.6 Å². The lowest BCUT2D eigenvalue weighted by atomic mass is 10.2. The maximum absolute atomic E-state index is 6.18. The highest BCUT2D eigenvalue weighted by Crippen LogP contribution is 2.28. The van der Waals surface area contributed by atoms with Gasteiger partial charge in [-0.3, -0.25) is 9.67 Å². The van der Waals surface area contributed by atoms with E-state index in [2.05, 4.69) is 10.1 Å². The zero-order valence-electron chi connectivity index (χ0n) is 8.95. The van der Waals surface area contributed by atoms with Crippen LogP contribution < -0.4 is 0 Å². The molecule has 78 valence electrons. The van der Waals surface area contributed by atoms with Crippen LogP contribution in [0.1, 0.15) is 11.3 Å². The summed E-state index contributed by atoms with van der Waals surface area (Å²) >= 11 is 6.18. The summed E-state index contributed by atoms with van der Waals surface area (Å²) in [7, 11) is 1.87. The lowest BCUT2D eigenvalue weighted by molar-refractivity contribution is 0.762. The van der Waals surface area contributed by atoms with Crippen molar-refractivity contribution in [3.63, 3.8) is 0 Å². The number of aryl methyl sites for hydroxylation is 3. The molecule has 0 atom stereocenters. The van der Waals surface area contributed by atoms with Gasteiger partial charge in [0.2, 0.25) is 0 Å². The summed E-state index contributed by atoms with van der Waals surface area (Å²) in [6.45, 7) is 3.92. The van der Waals surface area contributed by atoms with Crippen LogP contribution >= 0.6 is 11.6 Å². The zero-order valence-corrected chi connectivity index (χ0v) is 9.71. The highest BCUT2D eigenvalue weighted by atomic mass is 35.5. The Bertz CT molecular complexity index is 503. The largest absolute Gasteiger partial charge is 0.265 e. The first-order valence-corrected chi connectivity index (χ1v) is 5.09. The van der Waals surface area contributed by atoms with Gasteiger partial charge in [-0.15, -0.1) is 0 Å². The lowest BCUT2D eigenvalue weighted by Crippen LogP contribution is -1.95. The maximum atomic E-state index is 6.18. The van der Waals surface area contributed by atoms with Gasteiger partial charge < -0.3 is 0 Å². The van der Waals surface area contributed by atoms with E-state index >= 15 is 0 Å². The Hall–Kier alpha value is -1.35. The molecular formula is C11H12ClN3. The molecule has 2 heterocycles. The summed E-state index contributed by atoms with van der Waals surface area (Å²) in [6.07, 6.45) is 1.78. The Balaban J connectivity index is 2.63. The van der Waals surface area contributed by atoms with Crippen molar-refractivity contribution in [1.29, 1.82) is 0 Å². The predicted molar refractivity (Wildman–Crippen MR) is 60.9 cm³/mol. The fourth-order valence-electron chi connectivity index (χ4n) is 1.58. The van der Waals surface area contributed by atoms with E-state index in [1.54, 1.807) is 10.9 Å².